The quantitative estimate of drug-likeness (QED) is 0.166. The first kappa shape index (κ1) is 30.2. The molecule has 6 atom stereocenters. The van der Waals surface area contributed by atoms with E-state index in [1.807, 2.05) is 0 Å². The summed E-state index contributed by atoms with van der Waals surface area (Å²) in [5.41, 5.74) is 6.77. The Balaban J connectivity index is 0.000000131. The van der Waals surface area contributed by atoms with Crippen LogP contribution in [0.3, 0.4) is 0 Å². The van der Waals surface area contributed by atoms with Gasteiger partial charge in [0.2, 0.25) is 0 Å². The van der Waals surface area contributed by atoms with Crippen LogP contribution in [0.25, 0.3) is 0 Å². The summed E-state index contributed by atoms with van der Waals surface area (Å²) in [7, 11) is -0.832. The Hall–Kier alpha value is -3.90. The fourth-order valence-corrected chi connectivity index (χ4v) is 14.2. The second kappa shape index (κ2) is 13.2. The normalized spacial score (nSPS) is 24.3. The molecule has 4 heterocycles. The van der Waals surface area contributed by atoms with Gasteiger partial charge in [0.15, 0.2) is 0 Å². The Morgan fingerprint density at radius 1 is 0.333 bits per heavy atom. The molecule has 0 aromatic heterocycles. The second-order valence-corrected chi connectivity index (χ2v) is 17.9. The van der Waals surface area contributed by atoms with Gasteiger partial charge in [-0.05, 0) is 72.2 Å². The molecular formula is C44H38O2P2. The van der Waals surface area contributed by atoms with E-state index in [2.05, 4.69) is 170 Å². The highest BCUT2D eigenvalue weighted by Crippen LogP contribution is 2.62. The summed E-state index contributed by atoms with van der Waals surface area (Å²) in [5, 5.41) is 5.82. The van der Waals surface area contributed by atoms with Crippen molar-refractivity contribution in [1.29, 1.82) is 0 Å². The zero-order valence-electron chi connectivity index (χ0n) is 26.8. The molecular weight excluding hydrogens is 622 g/mol. The largest absolute Gasteiger partial charge is 0.365 e. The van der Waals surface area contributed by atoms with Gasteiger partial charge in [0.25, 0.3) is 0 Å². The maximum atomic E-state index is 6.40. The molecule has 236 valence electrons. The average Bonchev–Trinajstić information content (AvgIpc) is 3.96. The number of benzene rings is 6. The molecule has 4 bridgehead atoms. The first-order valence-corrected chi connectivity index (χ1v) is 19.9. The Morgan fingerprint density at radius 2 is 0.604 bits per heavy atom. The molecule has 0 amide bonds. The lowest BCUT2D eigenvalue weighted by molar-refractivity contribution is 0.0724. The van der Waals surface area contributed by atoms with Crippen molar-refractivity contribution in [3.05, 3.63) is 192 Å². The maximum Gasteiger partial charge on any atom is 0.0911 e. The van der Waals surface area contributed by atoms with Crippen molar-refractivity contribution in [3.8, 4) is 0 Å². The molecule has 4 aliphatic heterocycles. The molecule has 2 saturated heterocycles. The Bertz CT molecular complexity index is 1760. The smallest absolute Gasteiger partial charge is 0.0911 e. The third-order valence-electron chi connectivity index (χ3n) is 10.3. The van der Waals surface area contributed by atoms with E-state index in [0.29, 0.717) is 11.3 Å². The Labute approximate surface area is 286 Å². The van der Waals surface area contributed by atoms with Crippen LogP contribution in [0.4, 0.5) is 0 Å². The number of hydrogen-bond donors (Lipinski definition) is 0. The molecule has 2 fully saturated rings. The molecule has 48 heavy (non-hydrogen) atoms. The van der Waals surface area contributed by atoms with Crippen molar-refractivity contribution in [3.63, 3.8) is 0 Å². The summed E-state index contributed by atoms with van der Waals surface area (Å²) < 4.78 is 12.8. The highest BCUT2D eigenvalue weighted by atomic mass is 31.1. The molecule has 6 aromatic carbocycles. The molecule has 0 spiro atoms. The van der Waals surface area contributed by atoms with E-state index < -0.39 is 15.8 Å². The summed E-state index contributed by atoms with van der Waals surface area (Å²) in [6, 6.07) is 61.6. The number of hydrogen-bond acceptors (Lipinski definition) is 2. The van der Waals surface area contributed by atoms with E-state index in [4.69, 9.17) is 9.47 Å². The lowest BCUT2D eigenvalue weighted by Gasteiger charge is -2.30. The summed E-state index contributed by atoms with van der Waals surface area (Å²) in [6.45, 7) is 0. The lowest BCUT2D eigenvalue weighted by atomic mass is 9.91. The van der Waals surface area contributed by atoms with Crippen LogP contribution in [-0.2, 0) is 9.47 Å². The minimum atomic E-state index is -0.416. The number of rotatable bonds is 6. The van der Waals surface area contributed by atoms with Crippen molar-refractivity contribution >= 4 is 37.1 Å². The third-order valence-corrected chi connectivity index (χ3v) is 16.0. The van der Waals surface area contributed by atoms with Crippen LogP contribution >= 0.6 is 15.8 Å². The molecule has 4 heteroatoms. The van der Waals surface area contributed by atoms with Crippen LogP contribution < -0.4 is 21.2 Å². The minimum absolute atomic E-state index is 0.248. The van der Waals surface area contributed by atoms with Crippen molar-refractivity contribution in [1.82, 2.24) is 0 Å². The third kappa shape index (κ3) is 5.46. The number of fused-ring (bicyclic) bond motifs is 10. The van der Waals surface area contributed by atoms with E-state index in [9.17, 15) is 0 Å². The second-order valence-electron chi connectivity index (χ2n) is 13.0. The van der Waals surface area contributed by atoms with Crippen LogP contribution in [0, 0.1) is 0 Å². The van der Waals surface area contributed by atoms with Gasteiger partial charge in [-0.3, -0.25) is 0 Å². The van der Waals surface area contributed by atoms with Crippen LogP contribution in [0.5, 0.6) is 0 Å². The van der Waals surface area contributed by atoms with Crippen LogP contribution in [-0.4, -0.2) is 11.3 Å². The van der Waals surface area contributed by atoms with Gasteiger partial charge >= 0.3 is 0 Å². The first-order valence-electron chi connectivity index (χ1n) is 17.1. The highest BCUT2D eigenvalue weighted by molar-refractivity contribution is 7.74. The number of ether oxygens (including phenoxy) is 2. The van der Waals surface area contributed by atoms with Gasteiger partial charge < -0.3 is 9.47 Å². The summed E-state index contributed by atoms with van der Waals surface area (Å²) in [6.07, 6.45) is 3.34. The topological polar surface area (TPSA) is 18.5 Å². The van der Waals surface area contributed by atoms with Crippen LogP contribution in [0.1, 0.15) is 59.5 Å². The van der Waals surface area contributed by atoms with Crippen molar-refractivity contribution in [2.45, 2.75) is 48.6 Å². The molecule has 0 radical (unpaired) electrons. The zero-order valence-corrected chi connectivity index (χ0v) is 28.5. The Kier molecular flexibility index (Phi) is 8.29. The van der Waals surface area contributed by atoms with Gasteiger partial charge in [-0.2, -0.15) is 0 Å². The van der Waals surface area contributed by atoms with Gasteiger partial charge in [0, 0.05) is 11.3 Å². The fraction of sp³-hybridized carbons (Fsp3) is 0.182. The average molecular weight is 661 g/mol. The van der Waals surface area contributed by atoms with E-state index in [1.165, 1.54) is 43.5 Å². The Morgan fingerprint density at radius 3 is 0.917 bits per heavy atom. The van der Waals surface area contributed by atoms with Crippen molar-refractivity contribution in [2.24, 2.45) is 0 Å². The molecule has 0 unspecified atom stereocenters. The molecule has 6 aromatic rings. The van der Waals surface area contributed by atoms with E-state index in [0.717, 1.165) is 12.8 Å². The molecule has 2 nitrogen and oxygen atoms in total. The highest BCUT2D eigenvalue weighted by Gasteiger charge is 2.49. The van der Waals surface area contributed by atoms with Gasteiger partial charge in [0.1, 0.15) is 0 Å². The van der Waals surface area contributed by atoms with Crippen molar-refractivity contribution < 1.29 is 9.47 Å². The predicted octanol–water partition coefficient (Wildman–Crippen LogP) is 9.41. The molecule has 4 aliphatic rings. The van der Waals surface area contributed by atoms with Crippen LogP contribution in [0.2, 0.25) is 0 Å². The van der Waals surface area contributed by atoms with E-state index in [1.54, 1.807) is 0 Å². The monoisotopic (exact) mass is 660 g/mol. The fourth-order valence-electron chi connectivity index (χ4n) is 8.32. The molecule has 0 saturated carbocycles. The minimum Gasteiger partial charge on any atom is -0.365 e. The lowest BCUT2D eigenvalue weighted by Crippen LogP contribution is -2.25. The summed E-state index contributed by atoms with van der Waals surface area (Å²) >= 11 is 0. The molecule has 0 N–H and O–H groups in total. The van der Waals surface area contributed by atoms with Gasteiger partial charge in [0.05, 0.1) is 24.4 Å². The maximum absolute atomic E-state index is 6.40. The van der Waals surface area contributed by atoms with Gasteiger partial charge in [-0.25, -0.2) is 0 Å². The molecule has 10 rings (SSSR count). The first-order chi connectivity index (χ1) is 23.8. The van der Waals surface area contributed by atoms with Crippen LogP contribution in [0.15, 0.2) is 170 Å². The van der Waals surface area contributed by atoms with Crippen molar-refractivity contribution in [2.75, 3.05) is 0 Å². The summed E-state index contributed by atoms with van der Waals surface area (Å²) in [4.78, 5) is 0. The predicted molar refractivity (Wildman–Crippen MR) is 201 cm³/mol. The summed E-state index contributed by atoms with van der Waals surface area (Å²) in [5.74, 6) is 0. The SMILES string of the molecule is c1ccc(P(c2ccccc2)[C@@H]2C[C@@H]3O[C@H]2c2ccccc23)cc1.c1ccc(P(c2ccccc2)[C@@H]2C[C@@H]3O[C@H]2c2ccccc23)cc1. The van der Waals surface area contributed by atoms with Gasteiger partial charge in [-0.15, -0.1) is 0 Å². The standard InChI is InChI=1S/2C22H19OP/c2*1-3-9-16(10-4-1)24(17-11-5-2-6-12-17)21-15-20-18-13-7-8-14-19(18)22(21)23-20/h2*1-14,20-22H,15H2/t2*20-,21+,22-/m00/s1. The zero-order chi connectivity index (χ0) is 31.9. The van der Waals surface area contributed by atoms with E-state index >= 15 is 0 Å². The van der Waals surface area contributed by atoms with Gasteiger partial charge in [-0.1, -0.05) is 170 Å². The molecule has 0 aliphatic carbocycles. The van der Waals surface area contributed by atoms with E-state index in [-0.39, 0.29) is 24.4 Å².